The van der Waals surface area contributed by atoms with Crippen molar-refractivity contribution in [2.75, 3.05) is 0 Å². The molecule has 0 aromatic heterocycles. The quantitative estimate of drug-likeness (QED) is 0.527. The van der Waals surface area contributed by atoms with Crippen LogP contribution < -0.4 is 0 Å². The first kappa shape index (κ1) is 11.7. The highest BCUT2D eigenvalue weighted by atomic mass is 35.5. The summed E-state index contributed by atoms with van der Waals surface area (Å²) in [6, 6.07) is 6.74. The van der Waals surface area contributed by atoms with Crippen molar-refractivity contribution in [3.8, 4) is 0 Å². The fourth-order valence-corrected chi connectivity index (χ4v) is 2.46. The van der Waals surface area contributed by atoms with Crippen LogP contribution in [0.2, 0.25) is 0 Å². The lowest BCUT2D eigenvalue weighted by Gasteiger charge is -2.06. The van der Waals surface area contributed by atoms with Gasteiger partial charge in [0.2, 0.25) is 0 Å². The molecule has 0 radical (unpaired) electrons. The molecule has 1 aromatic rings. The molecular weight excluding hydrogens is 223 g/mol. The average molecular weight is 239 g/mol. The van der Waals surface area contributed by atoms with E-state index in [-0.39, 0.29) is 11.2 Å². The maximum Gasteiger partial charge on any atom is 0.123 e. The van der Waals surface area contributed by atoms with E-state index < -0.39 is 0 Å². The third kappa shape index (κ3) is 3.34. The molecule has 2 rings (SSSR count). The van der Waals surface area contributed by atoms with Crippen LogP contribution in [0.15, 0.2) is 35.9 Å². The second kappa shape index (κ2) is 5.49. The zero-order valence-corrected chi connectivity index (χ0v) is 10.0. The monoisotopic (exact) mass is 238 g/mol. The number of rotatable bonds is 2. The molecule has 86 valence electrons. The van der Waals surface area contributed by atoms with Crippen molar-refractivity contribution in [1.82, 2.24) is 0 Å². The SMILES string of the molecule is Fc1ccc(CC2=CC(Cl)CCCC2)cc1. The number of hydrogen-bond donors (Lipinski definition) is 0. The van der Waals surface area contributed by atoms with E-state index in [1.807, 2.05) is 12.1 Å². The van der Waals surface area contributed by atoms with Gasteiger partial charge in [-0.25, -0.2) is 4.39 Å². The van der Waals surface area contributed by atoms with Crippen LogP contribution in [0.3, 0.4) is 0 Å². The van der Waals surface area contributed by atoms with E-state index in [1.165, 1.54) is 36.1 Å². The Kier molecular flexibility index (Phi) is 4.00. The first-order valence-corrected chi connectivity index (χ1v) is 6.26. The Balaban J connectivity index is 2.05. The van der Waals surface area contributed by atoms with Crippen LogP contribution in [0.5, 0.6) is 0 Å². The zero-order chi connectivity index (χ0) is 11.4. The van der Waals surface area contributed by atoms with Crippen molar-refractivity contribution < 1.29 is 4.39 Å². The Labute approximate surface area is 101 Å². The standard InChI is InChI=1S/C14H16ClF/c15-13-4-2-1-3-12(10-13)9-11-5-7-14(16)8-6-11/h5-8,10,13H,1-4,9H2. The summed E-state index contributed by atoms with van der Waals surface area (Å²) in [6.07, 6.45) is 7.71. The normalized spacial score (nSPS) is 21.4. The van der Waals surface area contributed by atoms with Gasteiger partial charge in [-0.05, 0) is 43.4 Å². The maximum atomic E-state index is 12.8. The molecule has 0 saturated heterocycles. The van der Waals surface area contributed by atoms with E-state index in [0.717, 1.165) is 19.3 Å². The lowest BCUT2D eigenvalue weighted by molar-refractivity contribution is 0.627. The van der Waals surface area contributed by atoms with Gasteiger partial charge in [-0.2, -0.15) is 0 Å². The van der Waals surface area contributed by atoms with E-state index in [4.69, 9.17) is 11.6 Å². The van der Waals surface area contributed by atoms with Crippen LogP contribution in [0.4, 0.5) is 4.39 Å². The minimum Gasteiger partial charge on any atom is -0.207 e. The number of alkyl halides is 1. The molecule has 0 aliphatic heterocycles. The number of benzene rings is 1. The van der Waals surface area contributed by atoms with Crippen LogP contribution in [0, 0.1) is 5.82 Å². The van der Waals surface area contributed by atoms with E-state index in [0.29, 0.717) is 0 Å². The van der Waals surface area contributed by atoms with Gasteiger partial charge in [0.25, 0.3) is 0 Å². The predicted octanol–water partition coefficient (Wildman–Crippen LogP) is 4.48. The Morgan fingerprint density at radius 1 is 1.19 bits per heavy atom. The highest BCUT2D eigenvalue weighted by molar-refractivity contribution is 6.21. The van der Waals surface area contributed by atoms with Gasteiger partial charge in [-0.1, -0.05) is 30.2 Å². The van der Waals surface area contributed by atoms with Crippen molar-refractivity contribution in [1.29, 1.82) is 0 Å². The first-order chi connectivity index (χ1) is 7.74. The molecular formula is C14H16ClF. The predicted molar refractivity (Wildman–Crippen MR) is 66.3 cm³/mol. The van der Waals surface area contributed by atoms with Gasteiger partial charge < -0.3 is 0 Å². The van der Waals surface area contributed by atoms with Gasteiger partial charge in [0, 0.05) is 0 Å². The summed E-state index contributed by atoms with van der Waals surface area (Å²) in [4.78, 5) is 0. The molecule has 0 N–H and O–H groups in total. The maximum absolute atomic E-state index is 12.8. The molecule has 1 unspecified atom stereocenters. The largest absolute Gasteiger partial charge is 0.207 e. The van der Waals surface area contributed by atoms with E-state index in [2.05, 4.69) is 6.08 Å². The fraction of sp³-hybridized carbons (Fsp3) is 0.429. The van der Waals surface area contributed by atoms with E-state index in [1.54, 1.807) is 0 Å². The molecule has 2 heteroatoms. The van der Waals surface area contributed by atoms with E-state index in [9.17, 15) is 4.39 Å². The Hall–Kier alpha value is -0.820. The van der Waals surface area contributed by atoms with Gasteiger partial charge in [-0.15, -0.1) is 11.6 Å². The van der Waals surface area contributed by atoms with Crippen LogP contribution in [0.25, 0.3) is 0 Å². The fourth-order valence-electron chi connectivity index (χ4n) is 2.13. The number of hydrogen-bond acceptors (Lipinski definition) is 0. The van der Waals surface area contributed by atoms with Crippen LogP contribution in [0.1, 0.15) is 31.2 Å². The molecule has 0 spiro atoms. The zero-order valence-electron chi connectivity index (χ0n) is 9.26. The molecule has 1 atom stereocenters. The van der Waals surface area contributed by atoms with Crippen molar-refractivity contribution in [3.05, 3.63) is 47.3 Å². The van der Waals surface area contributed by atoms with Crippen molar-refractivity contribution in [2.45, 2.75) is 37.5 Å². The topological polar surface area (TPSA) is 0 Å². The summed E-state index contributed by atoms with van der Waals surface area (Å²) < 4.78 is 12.8. The molecule has 0 nitrogen and oxygen atoms in total. The summed E-state index contributed by atoms with van der Waals surface area (Å²) in [7, 11) is 0. The third-order valence-electron chi connectivity index (χ3n) is 2.99. The Morgan fingerprint density at radius 2 is 1.94 bits per heavy atom. The number of allylic oxidation sites excluding steroid dienone is 2. The second-order valence-corrected chi connectivity index (χ2v) is 4.95. The summed E-state index contributed by atoms with van der Waals surface area (Å²) in [5.74, 6) is -0.172. The molecule has 1 aromatic carbocycles. The van der Waals surface area contributed by atoms with Crippen molar-refractivity contribution in [2.24, 2.45) is 0 Å². The van der Waals surface area contributed by atoms with E-state index >= 15 is 0 Å². The number of halogens is 2. The van der Waals surface area contributed by atoms with Crippen molar-refractivity contribution in [3.63, 3.8) is 0 Å². The minimum atomic E-state index is -0.172. The smallest absolute Gasteiger partial charge is 0.123 e. The molecule has 0 heterocycles. The van der Waals surface area contributed by atoms with Gasteiger partial charge >= 0.3 is 0 Å². The molecule has 1 aliphatic carbocycles. The summed E-state index contributed by atoms with van der Waals surface area (Å²) >= 11 is 6.17. The summed E-state index contributed by atoms with van der Waals surface area (Å²) in [5.41, 5.74) is 2.56. The second-order valence-electron chi connectivity index (χ2n) is 4.39. The lowest BCUT2D eigenvalue weighted by atomic mass is 10.0. The van der Waals surface area contributed by atoms with Gasteiger partial charge in [0.15, 0.2) is 0 Å². The summed E-state index contributed by atoms with van der Waals surface area (Å²) in [5, 5.41) is 0.179. The third-order valence-corrected chi connectivity index (χ3v) is 3.33. The molecule has 1 aliphatic rings. The van der Waals surface area contributed by atoms with Gasteiger partial charge in [-0.3, -0.25) is 0 Å². The van der Waals surface area contributed by atoms with Crippen LogP contribution in [-0.2, 0) is 6.42 Å². The average Bonchev–Trinajstić information content (AvgIpc) is 2.46. The minimum absolute atomic E-state index is 0.172. The first-order valence-electron chi connectivity index (χ1n) is 5.82. The highest BCUT2D eigenvalue weighted by Gasteiger charge is 2.09. The van der Waals surface area contributed by atoms with Gasteiger partial charge in [0.05, 0.1) is 5.38 Å². The molecule has 0 fully saturated rings. The molecule has 0 bridgehead atoms. The molecule has 0 amide bonds. The Bertz CT molecular complexity index is 367. The van der Waals surface area contributed by atoms with Crippen molar-refractivity contribution >= 4 is 11.6 Å². The van der Waals surface area contributed by atoms with Crippen LogP contribution >= 0.6 is 11.6 Å². The Morgan fingerprint density at radius 3 is 2.69 bits per heavy atom. The molecule has 0 saturated carbocycles. The van der Waals surface area contributed by atoms with Crippen LogP contribution in [-0.4, -0.2) is 5.38 Å². The van der Waals surface area contributed by atoms with Gasteiger partial charge in [0.1, 0.15) is 5.82 Å². The highest BCUT2D eigenvalue weighted by Crippen LogP contribution is 2.23. The lowest BCUT2D eigenvalue weighted by Crippen LogP contribution is -1.94. The molecule has 16 heavy (non-hydrogen) atoms. The summed E-state index contributed by atoms with van der Waals surface area (Å²) in [6.45, 7) is 0.